The molecule has 1 aliphatic heterocycles. The van der Waals surface area contributed by atoms with E-state index < -0.39 is 39.0 Å². The van der Waals surface area contributed by atoms with E-state index in [9.17, 15) is 49.1 Å². The average Bonchev–Trinajstić information content (AvgIpc) is 3.72. The van der Waals surface area contributed by atoms with E-state index in [1.54, 1.807) is 59.0 Å². The number of rotatable bonds is 2. The minimum Gasteiger partial charge on any atom is -0.443 e. The number of halogens is 8. The lowest BCUT2D eigenvalue weighted by Gasteiger charge is -2.32. The molecule has 6 rings (SSSR count). The Morgan fingerprint density at radius 2 is 1.28 bits per heavy atom. The van der Waals surface area contributed by atoms with Crippen molar-refractivity contribution >= 4 is 87.4 Å². The minimum atomic E-state index is -5.84. The fourth-order valence-electron chi connectivity index (χ4n) is 4.96. The zero-order valence-electron chi connectivity index (χ0n) is 33.3. The molecule has 3 aromatic carbocycles. The van der Waals surface area contributed by atoms with E-state index >= 15 is 0 Å². The summed E-state index contributed by atoms with van der Waals surface area (Å²) in [6.07, 6.45) is 3.52. The summed E-state index contributed by atoms with van der Waals surface area (Å²) in [5.74, 6) is -2.26. The molecule has 0 radical (unpaired) electrons. The normalized spacial score (nSPS) is 14.2. The average molecular weight is 999 g/mol. The summed E-state index contributed by atoms with van der Waals surface area (Å²) >= 11 is 6.12. The standard InChI is InChI=1S/C12H18F3NO5S.C10H9FN2O.C9H6BrFN2O.C7H7BrFN/c1-8-5-6-9(21-22(18,19)12(13,14)15)16(7-8)10(17)20-11(2,3)4;1-6-3-8-5-12-13(7(2)14)10(8)4-9(6)11;1-5(14)13-9-3-8(11)7(10)2-6(9)4-12-13;1-4-2-5(8)6(9)3-7(4)10/h6,8H,5,7H2,1-4H3;3-5H,1-2H3;2-4H,1H3;2-3H,10H2,1H3. The number of alkyl halides is 3. The number of carbonyl (C=O) groups is 3. The number of nitrogens with two attached hydrogens (primary N) is 1. The van der Waals surface area contributed by atoms with Crippen LogP contribution in [0, 0.1) is 37.2 Å². The third-order valence-electron chi connectivity index (χ3n) is 7.91. The molecule has 60 heavy (non-hydrogen) atoms. The Bertz CT molecular complexity index is 2410. The smallest absolute Gasteiger partial charge is 0.443 e. The van der Waals surface area contributed by atoms with Crippen LogP contribution in [0.15, 0.2) is 69.7 Å². The molecule has 2 aromatic heterocycles. The van der Waals surface area contributed by atoms with Crippen LogP contribution in [0.5, 0.6) is 0 Å². The topological polar surface area (TPSA) is 169 Å². The second-order valence-electron chi connectivity index (χ2n) is 14.2. The van der Waals surface area contributed by atoms with Gasteiger partial charge in [0.25, 0.3) is 0 Å². The van der Waals surface area contributed by atoms with Crippen LogP contribution in [0.25, 0.3) is 21.8 Å². The highest BCUT2D eigenvalue weighted by Gasteiger charge is 2.50. The number of aromatic nitrogens is 4. The maximum absolute atomic E-state index is 13.2. The Kier molecular flexibility index (Phi) is 16.1. The molecular formula is C38H40Br2F6N6O7S. The largest absolute Gasteiger partial charge is 0.534 e. The van der Waals surface area contributed by atoms with Crippen molar-refractivity contribution in [1.29, 1.82) is 0 Å². The molecule has 2 N–H and O–H groups in total. The van der Waals surface area contributed by atoms with Crippen molar-refractivity contribution in [2.24, 2.45) is 5.92 Å². The zero-order valence-corrected chi connectivity index (χ0v) is 37.3. The summed E-state index contributed by atoms with van der Waals surface area (Å²) in [5.41, 5.74) is 1.90. The Balaban J connectivity index is 0.000000222. The summed E-state index contributed by atoms with van der Waals surface area (Å²) < 4.78 is 111. The van der Waals surface area contributed by atoms with Crippen LogP contribution in [-0.4, -0.2) is 68.4 Å². The molecule has 326 valence electrons. The van der Waals surface area contributed by atoms with Gasteiger partial charge in [0.15, 0.2) is 0 Å². The van der Waals surface area contributed by atoms with Gasteiger partial charge >= 0.3 is 21.7 Å². The van der Waals surface area contributed by atoms with Crippen LogP contribution in [-0.2, 0) is 19.0 Å². The van der Waals surface area contributed by atoms with Gasteiger partial charge in [-0.05, 0) is 120 Å². The van der Waals surface area contributed by atoms with Crippen LogP contribution < -0.4 is 5.73 Å². The molecule has 13 nitrogen and oxygen atoms in total. The molecular weight excluding hydrogens is 958 g/mol. The predicted octanol–water partition coefficient (Wildman–Crippen LogP) is 10.2. The molecule has 0 aliphatic carbocycles. The van der Waals surface area contributed by atoms with E-state index in [1.807, 2.05) is 6.92 Å². The monoisotopic (exact) mass is 996 g/mol. The zero-order chi connectivity index (χ0) is 45.7. The Morgan fingerprint density at radius 1 is 0.800 bits per heavy atom. The van der Waals surface area contributed by atoms with E-state index in [1.165, 1.54) is 47.6 Å². The number of amides is 1. The second kappa shape index (κ2) is 19.6. The number of nitrogens with zero attached hydrogens (tertiary/aromatic N) is 5. The van der Waals surface area contributed by atoms with Gasteiger partial charge in [-0.25, -0.2) is 32.2 Å². The lowest BCUT2D eigenvalue weighted by atomic mass is 10.0. The number of fused-ring (bicyclic) bond motifs is 2. The van der Waals surface area contributed by atoms with Crippen molar-refractivity contribution in [3.63, 3.8) is 0 Å². The molecule has 1 unspecified atom stereocenters. The van der Waals surface area contributed by atoms with Gasteiger partial charge in [0.1, 0.15) is 23.1 Å². The molecule has 1 amide bonds. The SMILES string of the molecule is CC(=O)n1ncc2cc(Br)c(F)cc21.CC(=O)n1ncc2cc(C)c(F)cc21.CC1CC=C(OS(=O)(=O)C(F)(F)F)N(C(=O)OC(C)(C)C)C1.Cc1cc(Br)c(F)cc1N. The molecule has 0 saturated carbocycles. The molecule has 0 spiro atoms. The molecule has 0 fully saturated rings. The summed E-state index contributed by atoms with van der Waals surface area (Å²) in [5, 5.41) is 9.24. The van der Waals surface area contributed by atoms with Gasteiger partial charge in [-0.3, -0.25) is 9.59 Å². The Labute approximate surface area is 357 Å². The van der Waals surface area contributed by atoms with E-state index in [4.69, 9.17) is 10.5 Å². The Hall–Kier alpha value is -4.96. The fourth-order valence-corrected chi connectivity index (χ4v) is 6.25. The van der Waals surface area contributed by atoms with Gasteiger partial charge in [-0.2, -0.15) is 31.8 Å². The number of nitrogen functional groups attached to an aromatic ring is 1. The molecule has 0 bridgehead atoms. The number of carbonyl (C=O) groups excluding carboxylic acids is 3. The van der Waals surface area contributed by atoms with Gasteiger partial charge in [0.05, 0.1) is 32.4 Å². The fraction of sp³-hybridized carbons (Fsp3) is 0.342. The van der Waals surface area contributed by atoms with Crippen molar-refractivity contribution < 1.29 is 58.1 Å². The van der Waals surface area contributed by atoms with Crippen molar-refractivity contribution in [3.8, 4) is 0 Å². The highest BCUT2D eigenvalue weighted by molar-refractivity contribution is 9.10. The highest BCUT2D eigenvalue weighted by atomic mass is 79.9. The second-order valence-corrected chi connectivity index (χ2v) is 17.5. The number of ether oxygens (including phenoxy) is 1. The first-order chi connectivity index (χ1) is 27.5. The first-order valence-electron chi connectivity index (χ1n) is 17.4. The lowest BCUT2D eigenvalue weighted by molar-refractivity contribution is -0.0546. The van der Waals surface area contributed by atoms with E-state index in [2.05, 4.69) is 46.2 Å². The first-order valence-corrected chi connectivity index (χ1v) is 20.4. The number of hydrogen-bond acceptors (Lipinski definition) is 10. The third kappa shape index (κ3) is 13.0. The highest BCUT2D eigenvalue weighted by Crippen LogP contribution is 2.31. The number of hydrogen-bond donors (Lipinski definition) is 1. The van der Waals surface area contributed by atoms with Crippen LogP contribution in [0.3, 0.4) is 0 Å². The predicted molar refractivity (Wildman–Crippen MR) is 219 cm³/mol. The molecule has 22 heteroatoms. The molecule has 5 aromatic rings. The van der Waals surface area contributed by atoms with Gasteiger partial charge in [0.2, 0.25) is 17.7 Å². The third-order valence-corrected chi connectivity index (χ3v) is 10.1. The molecule has 3 heterocycles. The van der Waals surface area contributed by atoms with Gasteiger partial charge in [-0.15, -0.1) is 0 Å². The maximum atomic E-state index is 13.2. The van der Waals surface area contributed by atoms with Crippen LogP contribution >= 0.6 is 31.9 Å². The number of aryl methyl sites for hydroxylation is 2. The Morgan fingerprint density at radius 3 is 1.77 bits per heavy atom. The van der Waals surface area contributed by atoms with Crippen molar-refractivity contribution in [1.82, 2.24) is 24.5 Å². The summed E-state index contributed by atoms with van der Waals surface area (Å²) in [7, 11) is -5.84. The molecule has 0 saturated heterocycles. The lowest BCUT2D eigenvalue weighted by Crippen LogP contribution is -2.42. The van der Waals surface area contributed by atoms with Crippen LogP contribution in [0.4, 0.5) is 36.8 Å². The van der Waals surface area contributed by atoms with Gasteiger partial charge < -0.3 is 14.7 Å². The number of benzene rings is 3. The number of anilines is 1. The van der Waals surface area contributed by atoms with Crippen molar-refractivity contribution in [3.05, 3.63) is 98.3 Å². The van der Waals surface area contributed by atoms with Gasteiger partial charge in [0, 0.05) is 49.0 Å². The summed E-state index contributed by atoms with van der Waals surface area (Å²) in [6.45, 7) is 12.8. The van der Waals surface area contributed by atoms with Gasteiger partial charge in [-0.1, -0.05) is 6.92 Å². The van der Waals surface area contributed by atoms with Crippen molar-refractivity contribution in [2.45, 2.75) is 72.9 Å². The summed E-state index contributed by atoms with van der Waals surface area (Å²) in [4.78, 5) is 34.9. The number of allylic oxidation sites excluding steroid dienone is 1. The minimum absolute atomic E-state index is 0.00583. The molecule has 1 atom stereocenters. The van der Waals surface area contributed by atoms with Crippen molar-refractivity contribution in [2.75, 3.05) is 12.3 Å². The van der Waals surface area contributed by atoms with Crippen LogP contribution in [0.2, 0.25) is 0 Å². The first kappa shape index (κ1) is 49.4. The molecule has 1 aliphatic rings. The van der Waals surface area contributed by atoms with E-state index in [0.717, 1.165) is 27.3 Å². The maximum Gasteiger partial charge on any atom is 0.534 e. The van der Waals surface area contributed by atoms with E-state index in [-0.39, 0.29) is 42.3 Å². The van der Waals surface area contributed by atoms with E-state index in [0.29, 0.717) is 31.2 Å². The quantitative estimate of drug-likeness (QED) is 0.0778. The van der Waals surface area contributed by atoms with Crippen LogP contribution in [0.1, 0.15) is 68.7 Å². The summed E-state index contributed by atoms with van der Waals surface area (Å²) in [6, 6.07) is 8.85.